The van der Waals surface area contributed by atoms with Gasteiger partial charge in [0.25, 0.3) is 0 Å². The highest BCUT2D eigenvalue weighted by molar-refractivity contribution is 7.47. The number of allylic oxidation sites excluding steroid dienone is 4. The predicted molar refractivity (Wildman–Crippen MR) is 249 cm³/mol. The predicted octanol–water partition coefficient (Wildman–Crippen LogP) is 10.4. The number of hydrogen-bond acceptors (Lipinski definition) is 12. The van der Waals surface area contributed by atoms with Crippen LogP contribution in [0.3, 0.4) is 0 Å². The van der Waals surface area contributed by atoms with Crippen LogP contribution in [0.2, 0.25) is 0 Å². The van der Waals surface area contributed by atoms with Gasteiger partial charge in [0.05, 0.1) is 6.61 Å². The molecule has 0 aromatic rings. The summed E-state index contributed by atoms with van der Waals surface area (Å²) in [6.07, 6.45) is 30.8. The van der Waals surface area contributed by atoms with E-state index in [0.717, 1.165) is 70.6 Å². The number of phosphoric acid groups is 1. The Hall–Kier alpha value is -1.67. The lowest BCUT2D eigenvalue weighted by atomic mass is 9.85. The van der Waals surface area contributed by atoms with Crippen molar-refractivity contribution in [2.75, 3.05) is 13.2 Å². The molecule has 0 heterocycles. The third-order valence-corrected chi connectivity index (χ3v) is 12.8. The van der Waals surface area contributed by atoms with Crippen LogP contribution in [-0.4, -0.2) is 98.3 Å². The van der Waals surface area contributed by atoms with Gasteiger partial charge in [-0.05, 0) is 44.9 Å². The van der Waals surface area contributed by atoms with Gasteiger partial charge in [-0.2, -0.15) is 0 Å². The van der Waals surface area contributed by atoms with E-state index in [-0.39, 0.29) is 12.8 Å². The van der Waals surface area contributed by atoms with E-state index in [4.69, 9.17) is 18.5 Å². The summed E-state index contributed by atoms with van der Waals surface area (Å²) in [6, 6.07) is 0. The standard InChI is InChI=1S/C49H91O13P/c1-3-5-7-9-11-13-15-17-19-21-22-24-26-28-30-32-34-36-38-43(51)61-41(40-60-63(57,58)62-49-47(55)45(53)44(52)46(54)48(49)56)39-59-42(50)37-35-33-31-29-27-25-23-20-18-16-14-12-10-8-6-4-2/h13,15,19,21,41,44-49,52-56H,3-12,14,16-18,20,22-40H2,1-2H3,(H,57,58)/b15-13-,21-19-. The van der Waals surface area contributed by atoms with Gasteiger partial charge in [-0.1, -0.05) is 186 Å². The van der Waals surface area contributed by atoms with Crippen molar-refractivity contribution in [3.8, 4) is 0 Å². The molecule has 0 aromatic heterocycles. The second-order valence-electron chi connectivity index (χ2n) is 17.7. The van der Waals surface area contributed by atoms with E-state index in [1.807, 2.05) is 0 Å². The summed E-state index contributed by atoms with van der Waals surface area (Å²) >= 11 is 0. The number of aliphatic hydroxyl groups is 5. The van der Waals surface area contributed by atoms with Crippen molar-refractivity contribution in [1.29, 1.82) is 0 Å². The molecule has 0 aromatic carbocycles. The topological polar surface area (TPSA) is 210 Å². The number of aliphatic hydroxyl groups excluding tert-OH is 5. The zero-order valence-electron chi connectivity index (χ0n) is 39.4. The van der Waals surface area contributed by atoms with Crippen LogP contribution < -0.4 is 0 Å². The van der Waals surface area contributed by atoms with Crippen molar-refractivity contribution in [3.05, 3.63) is 24.3 Å². The summed E-state index contributed by atoms with van der Waals surface area (Å²) < 4.78 is 33.6. The van der Waals surface area contributed by atoms with Crippen LogP contribution in [-0.2, 0) is 32.7 Å². The Morgan fingerprint density at radius 1 is 0.492 bits per heavy atom. The zero-order valence-corrected chi connectivity index (χ0v) is 40.3. The number of carbonyl (C=O) groups excluding carboxylic acids is 2. The molecular formula is C49H91O13P. The van der Waals surface area contributed by atoms with Gasteiger partial charge in [-0.3, -0.25) is 18.6 Å². The molecule has 63 heavy (non-hydrogen) atoms. The maximum atomic E-state index is 12.8. The number of hydrogen-bond donors (Lipinski definition) is 6. The molecule has 1 saturated carbocycles. The van der Waals surface area contributed by atoms with Crippen LogP contribution in [0.25, 0.3) is 0 Å². The first-order chi connectivity index (χ1) is 30.4. The molecule has 1 aliphatic carbocycles. The highest BCUT2D eigenvalue weighted by atomic mass is 31.2. The van der Waals surface area contributed by atoms with Crippen LogP contribution in [0.1, 0.15) is 219 Å². The molecule has 0 amide bonds. The third-order valence-electron chi connectivity index (χ3n) is 11.8. The SMILES string of the molecule is CCCCCC/C=C\C/C=C\CCCCCCCCCC(=O)OC(COC(=O)CCCCCCCCCCCCCCCCCC)COP(=O)(O)OC1C(O)C(O)C(O)C(O)C1O. The molecule has 6 N–H and O–H groups in total. The summed E-state index contributed by atoms with van der Waals surface area (Å²) in [5, 5.41) is 50.2. The zero-order chi connectivity index (χ0) is 46.4. The van der Waals surface area contributed by atoms with Crippen LogP contribution in [0.5, 0.6) is 0 Å². The number of rotatable bonds is 42. The van der Waals surface area contributed by atoms with Crippen molar-refractivity contribution < 1.29 is 63.1 Å². The quantitative estimate of drug-likeness (QED) is 0.0146. The molecule has 1 aliphatic rings. The molecule has 0 radical (unpaired) electrons. The lowest BCUT2D eigenvalue weighted by Gasteiger charge is -2.41. The fourth-order valence-corrected chi connectivity index (χ4v) is 8.70. The Balaban J connectivity index is 2.42. The van der Waals surface area contributed by atoms with Gasteiger partial charge in [0, 0.05) is 12.8 Å². The second kappa shape index (κ2) is 39.5. The molecule has 6 unspecified atom stereocenters. The van der Waals surface area contributed by atoms with E-state index in [0.29, 0.717) is 12.8 Å². The van der Waals surface area contributed by atoms with E-state index >= 15 is 0 Å². The number of unbranched alkanes of at least 4 members (excludes halogenated alkanes) is 26. The summed E-state index contributed by atoms with van der Waals surface area (Å²) in [5.74, 6) is -1.10. The van der Waals surface area contributed by atoms with Crippen LogP contribution in [0.4, 0.5) is 0 Å². The number of ether oxygens (including phenoxy) is 2. The fourth-order valence-electron chi connectivity index (χ4n) is 7.73. The Bertz CT molecular complexity index is 1200. The normalized spacial score (nSPS) is 21.8. The van der Waals surface area contributed by atoms with Gasteiger partial charge >= 0.3 is 19.8 Å². The first kappa shape index (κ1) is 59.3. The monoisotopic (exact) mass is 919 g/mol. The maximum Gasteiger partial charge on any atom is 0.472 e. The summed E-state index contributed by atoms with van der Waals surface area (Å²) in [7, 11) is -5.12. The lowest BCUT2D eigenvalue weighted by Crippen LogP contribution is -2.64. The van der Waals surface area contributed by atoms with E-state index in [2.05, 4.69) is 38.2 Å². The third kappa shape index (κ3) is 31.8. The molecule has 6 atom stereocenters. The Kier molecular flexibility index (Phi) is 37.2. The van der Waals surface area contributed by atoms with Crippen molar-refractivity contribution in [3.63, 3.8) is 0 Å². The summed E-state index contributed by atoms with van der Waals surface area (Å²) in [6.45, 7) is 3.30. The van der Waals surface area contributed by atoms with Crippen molar-refractivity contribution in [2.45, 2.75) is 262 Å². The van der Waals surface area contributed by atoms with Crippen molar-refractivity contribution >= 4 is 19.8 Å². The van der Waals surface area contributed by atoms with Gasteiger partial charge < -0.3 is 39.9 Å². The van der Waals surface area contributed by atoms with Gasteiger partial charge in [-0.15, -0.1) is 0 Å². The molecule has 1 rings (SSSR count). The highest BCUT2D eigenvalue weighted by Gasteiger charge is 2.51. The molecule has 14 heteroatoms. The molecular weight excluding hydrogens is 828 g/mol. The van der Waals surface area contributed by atoms with E-state index < -0.39 is 75.7 Å². The molecule has 0 bridgehead atoms. The van der Waals surface area contributed by atoms with Crippen molar-refractivity contribution in [1.82, 2.24) is 0 Å². The fraction of sp³-hybridized carbons (Fsp3) is 0.878. The second-order valence-corrected chi connectivity index (χ2v) is 19.1. The minimum atomic E-state index is -5.12. The Labute approximate surface area is 381 Å². The van der Waals surface area contributed by atoms with E-state index in [1.54, 1.807) is 0 Å². The lowest BCUT2D eigenvalue weighted by molar-refractivity contribution is -0.220. The Morgan fingerprint density at radius 2 is 0.857 bits per heavy atom. The molecule has 0 aliphatic heterocycles. The first-order valence-corrected chi connectivity index (χ1v) is 26.6. The number of esters is 2. The number of carbonyl (C=O) groups is 2. The van der Waals surface area contributed by atoms with E-state index in [1.165, 1.54) is 109 Å². The molecule has 1 fully saturated rings. The molecule has 0 spiro atoms. The largest absolute Gasteiger partial charge is 0.472 e. The minimum Gasteiger partial charge on any atom is -0.462 e. The van der Waals surface area contributed by atoms with Gasteiger partial charge in [0.15, 0.2) is 6.10 Å². The highest BCUT2D eigenvalue weighted by Crippen LogP contribution is 2.47. The summed E-state index contributed by atoms with van der Waals surface area (Å²) in [4.78, 5) is 35.8. The minimum absolute atomic E-state index is 0.0907. The average molecular weight is 919 g/mol. The van der Waals surface area contributed by atoms with Gasteiger partial charge in [-0.25, -0.2) is 4.57 Å². The Morgan fingerprint density at radius 3 is 1.30 bits per heavy atom. The molecule has 370 valence electrons. The molecule has 0 saturated heterocycles. The number of phosphoric ester groups is 1. The van der Waals surface area contributed by atoms with Crippen LogP contribution >= 0.6 is 7.82 Å². The van der Waals surface area contributed by atoms with Gasteiger partial charge in [0.2, 0.25) is 0 Å². The van der Waals surface area contributed by atoms with Crippen molar-refractivity contribution in [2.24, 2.45) is 0 Å². The molecule has 13 nitrogen and oxygen atoms in total. The van der Waals surface area contributed by atoms with Crippen LogP contribution in [0, 0.1) is 0 Å². The van der Waals surface area contributed by atoms with Crippen LogP contribution in [0.15, 0.2) is 24.3 Å². The maximum absolute atomic E-state index is 12.8. The summed E-state index contributed by atoms with van der Waals surface area (Å²) in [5.41, 5.74) is 0. The average Bonchev–Trinajstić information content (AvgIpc) is 3.26. The van der Waals surface area contributed by atoms with Gasteiger partial charge in [0.1, 0.15) is 43.2 Å². The first-order valence-electron chi connectivity index (χ1n) is 25.1. The van der Waals surface area contributed by atoms with E-state index in [9.17, 15) is 44.6 Å². The smallest absolute Gasteiger partial charge is 0.462 e.